The average Bonchev–Trinajstić information content (AvgIpc) is 2.87. The molecule has 0 amide bonds. The van der Waals surface area contributed by atoms with Crippen LogP contribution in [-0.4, -0.2) is 58.1 Å². The van der Waals surface area contributed by atoms with Crippen LogP contribution in [-0.2, 0) is 6.18 Å². The fourth-order valence-electron chi connectivity index (χ4n) is 3.64. The molecule has 2 heterocycles. The minimum Gasteiger partial charge on any atom is -0.494 e. The van der Waals surface area contributed by atoms with Crippen molar-refractivity contribution in [3.63, 3.8) is 0 Å². The molecule has 38 heavy (non-hydrogen) atoms. The zero-order valence-electron chi connectivity index (χ0n) is 20.8. The standard InChI is InChI=1S/C25H26F4N6O3/c1-15(33-21-13-32-34-24(37)22(21)25(27,28)29)5-4-7-35(2)8-6-16-9-19(20(26)10-17(16)14-36)23-30-11-18(38-3)12-31-23/h6,8-15H,4-5,7H2,1-3H3,(H2,33,34,37)/b8-6-. The Hall–Kier alpha value is -4.29. The van der Waals surface area contributed by atoms with Crippen LogP contribution in [0.4, 0.5) is 23.2 Å². The quantitative estimate of drug-likeness (QED) is 0.275. The summed E-state index contributed by atoms with van der Waals surface area (Å²) in [6.45, 7) is 2.24. The SMILES string of the molecule is COc1cnc(-c2cc(/C=C\N(C)CCCC(C)Nc3cn[nH]c(=O)c3C(F)(F)F)c(C=O)cc2F)nc1. The first-order valence-corrected chi connectivity index (χ1v) is 11.5. The Labute approximate surface area is 215 Å². The summed E-state index contributed by atoms with van der Waals surface area (Å²) in [6.07, 6.45) is 3.94. The minimum absolute atomic E-state index is 0.118. The zero-order chi connectivity index (χ0) is 27.9. The Kier molecular flexibility index (Phi) is 9.16. The molecule has 0 saturated heterocycles. The van der Waals surface area contributed by atoms with E-state index in [0.717, 1.165) is 12.3 Å². The van der Waals surface area contributed by atoms with E-state index in [1.165, 1.54) is 25.6 Å². The van der Waals surface area contributed by atoms with Crippen molar-refractivity contribution < 1.29 is 27.1 Å². The largest absolute Gasteiger partial charge is 0.494 e. The second-order valence-corrected chi connectivity index (χ2v) is 8.49. The van der Waals surface area contributed by atoms with Crippen molar-refractivity contribution in [2.24, 2.45) is 0 Å². The van der Waals surface area contributed by atoms with Crippen LogP contribution >= 0.6 is 0 Å². The number of anilines is 1. The summed E-state index contributed by atoms with van der Waals surface area (Å²) < 4.78 is 59.3. The van der Waals surface area contributed by atoms with Gasteiger partial charge in [0.25, 0.3) is 5.56 Å². The Morgan fingerprint density at radius 3 is 2.53 bits per heavy atom. The molecule has 1 aromatic carbocycles. The number of ether oxygens (including phenoxy) is 1. The number of nitrogens with zero attached hydrogens (tertiary/aromatic N) is 4. The van der Waals surface area contributed by atoms with Gasteiger partial charge in [0, 0.05) is 25.2 Å². The van der Waals surface area contributed by atoms with Crippen LogP contribution in [0.1, 0.15) is 41.3 Å². The minimum atomic E-state index is -4.82. The highest BCUT2D eigenvalue weighted by molar-refractivity contribution is 5.84. The van der Waals surface area contributed by atoms with Crippen molar-refractivity contribution in [3.05, 3.63) is 69.8 Å². The van der Waals surface area contributed by atoms with Gasteiger partial charge in [0.15, 0.2) is 17.9 Å². The number of carbonyl (C=O) groups excluding carboxylic acids is 1. The third-order valence-electron chi connectivity index (χ3n) is 5.60. The number of hydrogen-bond acceptors (Lipinski definition) is 8. The molecule has 9 nitrogen and oxygen atoms in total. The van der Waals surface area contributed by atoms with E-state index < -0.39 is 23.1 Å². The van der Waals surface area contributed by atoms with Gasteiger partial charge >= 0.3 is 6.18 Å². The number of nitrogens with one attached hydrogen (secondary N) is 2. The number of halogens is 4. The summed E-state index contributed by atoms with van der Waals surface area (Å²) in [5, 5.41) is 7.95. The van der Waals surface area contributed by atoms with Crippen LogP contribution in [0.15, 0.2) is 41.7 Å². The number of aldehydes is 1. The first-order chi connectivity index (χ1) is 18.0. The summed E-state index contributed by atoms with van der Waals surface area (Å²) in [5.41, 5.74) is -2.28. The van der Waals surface area contributed by atoms with Gasteiger partial charge in [0.2, 0.25) is 0 Å². The van der Waals surface area contributed by atoms with E-state index in [9.17, 15) is 27.2 Å². The molecule has 0 radical (unpaired) electrons. The van der Waals surface area contributed by atoms with Crippen LogP contribution in [0.25, 0.3) is 17.5 Å². The first-order valence-electron chi connectivity index (χ1n) is 11.5. The monoisotopic (exact) mass is 534 g/mol. The predicted octanol–water partition coefficient (Wildman–Crippen LogP) is 4.39. The highest BCUT2D eigenvalue weighted by Gasteiger charge is 2.37. The molecule has 0 spiro atoms. The van der Waals surface area contributed by atoms with Crippen molar-refractivity contribution in [3.8, 4) is 17.1 Å². The Bertz CT molecular complexity index is 1340. The highest BCUT2D eigenvalue weighted by atomic mass is 19.4. The molecule has 0 saturated carbocycles. The number of carbonyl (C=O) groups is 1. The maximum Gasteiger partial charge on any atom is 0.423 e. The van der Waals surface area contributed by atoms with Crippen LogP contribution in [0.2, 0.25) is 0 Å². The molecular weight excluding hydrogens is 508 g/mol. The summed E-state index contributed by atoms with van der Waals surface area (Å²) >= 11 is 0. The van der Waals surface area contributed by atoms with Gasteiger partial charge in [-0.05, 0) is 49.7 Å². The number of aromatic nitrogens is 4. The van der Waals surface area contributed by atoms with Crippen molar-refractivity contribution in [1.29, 1.82) is 0 Å². The van der Waals surface area contributed by atoms with Crippen LogP contribution < -0.4 is 15.6 Å². The molecule has 3 rings (SSSR count). The zero-order valence-corrected chi connectivity index (χ0v) is 20.8. The third kappa shape index (κ3) is 7.14. The van der Waals surface area contributed by atoms with Crippen molar-refractivity contribution in [2.75, 3.05) is 26.0 Å². The Balaban J connectivity index is 1.63. The lowest BCUT2D eigenvalue weighted by molar-refractivity contribution is -0.138. The number of rotatable bonds is 11. The number of aromatic amines is 1. The summed E-state index contributed by atoms with van der Waals surface area (Å²) in [7, 11) is 3.25. The van der Waals surface area contributed by atoms with Crippen molar-refractivity contribution >= 4 is 18.0 Å². The van der Waals surface area contributed by atoms with E-state index in [1.807, 2.05) is 4.90 Å². The fourth-order valence-corrected chi connectivity index (χ4v) is 3.64. The van der Waals surface area contributed by atoms with E-state index in [1.54, 1.807) is 31.3 Å². The van der Waals surface area contributed by atoms with E-state index in [0.29, 0.717) is 37.0 Å². The average molecular weight is 535 g/mol. The molecule has 1 unspecified atom stereocenters. The predicted molar refractivity (Wildman–Crippen MR) is 133 cm³/mol. The van der Waals surface area contributed by atoms with Gasteiger partial charge < -0.3 is 15.0 Å². The second kappa shape index (κ2) is 12.3. The summed E-state index contributed by atoms with van der Waals surface area (Å²) in [4.78, 5) is 33.1. The first kappa shape index (κ1) is 28.3. The molecule has 0 aliphatic rings. The molecule has 1 atom stereocenters. The third-order valence-corrected chi connectivity index (χ3v) is 5.60. The van der Waals surface area contributed by atoms with Gasteiger partial charge in [-0.15, -0.1) is 0 Å². The molecule has 0 aliphatic heterocycles. The van der Waals surface area contributed by atoms with Crippen LogP contribution in [0.3, 0.4) is 0 Å². The molecule has 2 N–H and O–H groups in total. The lowest BCUT2D eigenvalue weighted by Crippen LogP contribution is -2.27. The molecule has 0 fully saturated rings. The van der Waals surface area contributed by atoms with Crippen molar-refractivity contribution in [1.82, 2.24) is 25.1 Å². The maximum atomic E-state index is 14.6. The lowest BCUT2D eigenvalue weighted by Gasteiger charge is -2.20. The normalized spacial score (nSPS) is 12.4. The topological polar surface area (TPSA) is 113 Å². The fraction of sp³-hybridized carbons (Fsp3) is 0.320. The molecule has 0 aliphatic carbocycles. The van der Waals surface area contributed by atoms with Crippen LogP contribution in [0, 0.1) is 5.82 Å². The van der Waals surface area contributed by atoms with E-state index in [2.05, 4.69) is 20.4 Å². The second-order valence-electron chi connectivity index (χ2n) is 8.49. The number of benzene rings is 1. The van der Waals surface area contributed by atoms with Crippen LogP contribution in [0.5, 0.6) is 5.75 Å². The van der Waals surface area contributed by atoms with Gasteiger partial charge in [-0.25, -0.2) is 19.5 Å². The molecule has 13 heteroatoms. The molecule has 0 bridgehead atoms. The Morgan fingerprint density at radius 2 is 1.89 bits per heavy atom. The van der Waals surface area contributed by atoms with Gasteiger partial charge in [-0.3, -0.25) is 9.59 Å². The number of alkyl halides is 3. The lowest BCUT2D eigenvalue weighted by atomic mass is 10.0. The molecule has 3 aromatic rings. The molecular formula is C25H26F4N6O3. The van der Waals surface area contributed by atoms with Gasteiger partial charge in [0.1, 0.15) is 11.4 Å². The smallest absolute Gasteiger partial charge is 0.423 e. The summed E-state index contributed by atoms with van der Waals surface area (Å²) in [5.74, 6) is -0.0945. The van der Waals surface area contributed by atoms with E-state index in [4.69, 9.17) is 4.74 Å². The Morgan fingerprint density at radius 1 is 1.18 bits per heavy atom. The molecule has 2 aromatic heterocycles. The van der Waals surface area contributed by atoms with Gasteiger partial charge in [-0.1, -0.05) is 0 Å². The maximum absolute atomic E-state index is 14.6. The summed E-state index contributed by atoms with van der Waals surface area (Å²) in [6, 6.07) is 2.22. The van der Waals surface area contributed by atoms with E-state index >= 15 is 0 Å². The number of H-pyrrole nitrogens is 1. The molecule has 202 valence electrons. The number of hydrogen-bond donors (Lipinski definition) is 2. The van der Waals surface area contributed by atoms with E-state index in [-0.39, 0.29) is 28.7 Å². The van der Waals surface area contributed by atoms with Crippen molar-refractivity contribution in [2.45, 2.75) is 32.0 Å². The highest BCUT2D eigenvalue weighted by Crippen LogP contribution is 2.32. The van der Waals surface area contributed by atoms with Gasteiger partial charge in [0.05, 0.1) is 37.0 Å². The number of methoxy groups -OCH3 is 1. The van der Waals surface area contributed by atoms with Gasteiger partial charge in [-0.2, -0.15) is 18.3 Å².